The van der Waals surface area contributed by atoms with Crippen molar-refractivity contribution in [3.05, 3.63) is 64.3 Å². The number of nitriles is 1. The third kappa shape index (κ3) is 2.99. The molecule has 1 amide bonds. The fourth-order valence-corrected chi connectivity index (χ4v) is 5.22. The first kappa shape index (κ1) is 18.2. The van der Waals surface area contributed by atoms with Gasteiger partial charge in [-0.3, -0.25) is 4.79 Å². The summed E-state index contributed by atoms with van der Waals surface area (Å²) < 4.78 is 11.3. The van der Waals surface area contributed by atoms with Gasteiger partial charge < -0.3 is 14.2 Å². The first-order valence-corrected chi connectivity index (χ1v) is 11.0. The van der Waals surface area contributed by atoms with Crippen LogP contribution in [-0.4, -0.2) is 16.9 Å². The summed E-state index contributed by atoms with van der Waals surface area (Å²) in [6, 6.07) is 9.99. The molecule has 4 heterocycles. The van der Waals surface area contributed by atoms with E-state index in [0.717, 1.165) is 53.8 Å². The molecule has 31 heavy (non-hydrogen) atoms. The second-order valence-corrected chi connectivity index (χ2v) is 8.82. The predicted octanol–water partition coefficient (Wildman–Crippen LogP) is 5.40. The Morgan fingerprint density at radius 3 is 2.77 bits per heavy atom. The molecule has 2 aliphatic rings. The summed E-state index contributed by atoms with van der Waals surface area (Å²) >= 11 is 1.28. The molecule has 0 unspecified atom stereocenters. The Morgan fingerprint density at radius 1 is 1.23 bits per heavy atom. The summed E-state index contributed by atoms with van der Waals surface area (Å²) in [6.45, 7) is 0. The molecule has 0 aromatic carbocycles. The molecule has 0 spiro atoms. The van der Waals surface area contributed by atoms with Crippen LogP contribution in [0.25, 0.3) is 33.2 Å². The van der Waals surface area contributed by atoms with Crippen molar-refractivity contribution in [3.63, 3.8) is 0 Å². The molecule has 1 saturated carbocycles. The molecule has 152 valence electrons. The van der Waals surface area contributed by atoms with Crippen molar-refractivity contribution in [3.8, 4) is 17.4 Å². The number of rotatable bonds is 4. The molecular weight excluding hydrogens is 410 g/mol. The van der Waals surface area contributed by atoms with Gasteiger partial charge >= 0.3 is 0 Å². The Hall–Kier alpha value is -3.63. The molecule has 1 N–H and O–H groups in total. The van der Waals surface area contributed by atoms with Crippen molar-refractivity contribution in [1.29, 1.82) is 5.26 Å². The summed E-state index contributed by atoms with van der Waals surface area (Å²) in [5.41, 5.74) is 4.25. The van der Waals surface area contributed by atoms with Gasteiger partial charge in [0.15, 0.2) is 0 Å². The molecular formula is C24H17N3O3S. The van der Waals surface area contributed by atoms with Crippen LogP contribution in [0, 0.1) is 11.3 Å². The predicted molar refractivity (Wildman–Crippen MR) is 117 cm³/mol. The van der Waals surface area contributed by atoms with Gasteiger partial charge in [0.2, 0.25) is 0 Å². The third-order valence-corrected chi connectivity index (χ3v) is 6.83. The Labute approximate surface area is 181 Å². The fraction of sp³-hybridized carbons (Fsp3) is 0.208. The van der Waals surface area contributed by atoms with Crippen molar-refractivity contribution >= 4 is 39.1 Å². The maximum atomic E-state index is 12.8. The quantitative estimate of drug-likeness (QED) is 0.471. The number of pyridine rings is 1. The number of fused-ring (bicyclic) bond motifs is 2. The van der Waals surface area contributed by atoms with E-state index in [1.165, 1.54) is 11.3 Å². The van der Waals surface area contributed by atoms with Crippen molar-refractivity contribution in [2.75, 3.05) is 0 Å². The van der Waals surface area contributed by atoms with Crippen LogP contribution in [-0.2, 0) is 6.42 Å². The number of aromatic nitrogens is 1. The van der Waals surface area contributed by atoms with Crippen molar-refractivity contribution in [2.45, 2.75) is 31.7 Å². The number of thiophene rings is 1. The Morgan fingerprint density at radius 2 is 2.06 bits per heavy atom. The summed E-state index contributed by atoms with van der Waals surface area (Å²) in [6.07, 6.45) is 8.87. The van der Waals surface area contributed by atoms with Crippen LogP contribution in [0.3, 0.4) is 0 Å². The van der Waals surface area contributed by atoms with Crippen LogP contribution < -0.4 is 5.32 Å². The van der Waals surface area contributed by atoms with Gasteiger partial charge in [0.1, 0.15) is 27.3 Å². The Kier molecular flexibility index (Phi) is 4.08. The molecule has 2 aliphatic carbocycles. The highest BCUT2D eigenvalue weighted by atomic mass is 32.1. The molecule has 4 aromatic rings. The van der Waals surface area contributed by atoms with Crippen LogP contribution in [0.15, 0.2) is 45.6 Å². The van der Waals surface area contributed by atoms with Crippen LogP contribution in [0.1, 0.15) is 51.5 Å². The van der Waals surface area contributed by atoms with Crippen LogP contribution in [0.5, 0.6) is 0 Å². The fourth-order valence-electron chi connectivity index (χ4n) is 4.18. The minimum absolute atomic E-state index is 0.195. The zero-order chi connectivity index (χ0) is 20.9. The Bertz CT molecular complexity index is 1380. The largest absolute Gasteiger partial charge is 0.465 e. The van der Waals surface area contributed by atoms with Gasteiger partial charge in [-0.1, -0.05) is 0 Å². The average molecular weight is 427 g/mol. The maximum absolute atomic E-state index is 12.8. The molecule has 4 aromatic heterocycles. The molecule has 1 fully saturated rings. The molecule has 6 nitrogen and oxygen atoms in total. The zero-order valence-electron chi connectivity index (χ0n) is 16.5. The first-order valence-electron chi connectivity index (χ1n) is 10.2. The number of carbonyl (C=O) groups is 1. The number of hydrogen-bond donors (Lipinski definition) is 1. The molecule has 7 heteroatoms. The summed E-state index contributed by atoms with van der Waals surface area (Å²) in [7, 11) is 0. The van der Waals surface area contributed by atoms with E-state index in [1.807, 2.05) is 30.3 Å². The highest BCUT2D eigenvalue weighted by Gasteiger charge is 2.32. The van der Waals surface area contributed by atoms with Crippen LogP contribution >= 0.6 is 11.3 Å². The van der Waals surface area contributed by atoms with Crippen LogP contribution in [0.2, 0.25) is 0 Å². The second-order valence-electron chi connectivity index (χ2n) is 7.82. The van der Waals surface area contributed by atoms with Gasteiger partial charge in [0.05, 0.1) is 23.8 Å². The van der Waals surface area contributed by atoms with E-state index < -0.39 is 0 Å². The summed E-state index contributed by atoms with van der Waals surface area (Å²) in [5.74, 6) is 1.27. The third-order valence-electron chi connectivity index (χ3n) is 5.75. The number of allylic oxidation sites excluding steroid dienone is 1. The van der Waals surface area contributed by atoms with Gasteiger partial charge in [0.25, 0.3) is 5.91 Å². The topological polar surface area (TPSA) is 92.1 Å². The minimum atomic E-state index is -0.195. The highest BCUT2D eigenvalue weighted by molar-refractivity contribution is 7.20. The smallest absolute Gasteiger partial charge is 0.263 e. The lowest BCUT2D eigenvalue weighted by atomic mass is 9.98. The molecule has 0 aliphatic heterocycles. The second kappa shape index (κ2) is 6.96. The number of nitrogens with one attached hydrogen (secondary N) is 1. The number of carbonyl (C=O) groups excluding carboxylic acids is 1. The minimum Gasteiger partial charge on any atom is -0.465 e. The van der Waals surface area contributed by atoms with E-state index in [9.17, 15) is 10.1 Å². The number of hydrogen-bond acceptors (Lipinski definition) is 6. The van der Waals surface area contributed by atoms with Gasteiger partial charge in [-0.05, 0) is 67.2 Å². The molecule has 0 bridgehead atoms. The Balaban J connectivity index is 1.61. The van der Waals surface area contributed by atoms with E-state index in [-0.39, 0.29) is 11.9 Å². The van der Waals surface area contributed by atoms with E-state index in [2.05, 4.69) is 11.4 Å². The highest BCUT2D eigenvalue weighted by Crippen LogP contribution is 2.46. The van der Waals surface area contributed by atoms with Crippen molar-refractivity contribution in [2.24, 2.45) is 0 Å². The summed E-state index contributed by atoms with van der Waals surface area (Å²) in [5, 5.41) is 13.7. The van der Waals surface area contributed by atoms with Crippen molar-refractivity contribution in [1.82, 2.24) is 10.3 Å². The average Bonchev–Trinajstić information content (AvgIpc) is 3.26. The number of nitrogens with zero attached hydrogens (tertiary/aromatic N) is 2. The molecule has 0 saturated heterocycles. The SMILES string of the molecule is N#Cc1c(C(=O)NC2CC2)sc2nc3c(c(-c4ccco4)c12)CC/C3=C/c1ccco1. The summed E-state index contributed by atoms with van der Waals surface area (Å²) in [4.78, 5) is 18.9. The normalized spacial score (nSPS) is 16.5. The van der Waals surface area contributed by atoms with E-state index in [1.54, 1.807) is 12.5 Å². The van der Waals surface area contributed by atoms with Crippen LogP contribution in [0.4, 0.5) is 0 Å². The van der Waals surface area contributed by atoms with Gasteiger partial charge in [0, 0.05) is 17.0 Å². The lowest BCUT2D eigenvalue weighted by molar-refractivity contribution is 0.0955. The zero-order valence-corrected chi connectivity index (χ0v) is 17.3. The van der Waals surface area contributed by atoms with Gasteiger partial charge in [-0.25, -0.2) is 4.98 Å². The van der Waals surface area contributed by atoms with Gasteiger partial charge in [-0.2, -0.15) is 5.26 Å². The van der Waals surface area contributed by atoms with Gasteiger partial charge in [-0.15, -0.1) is 11.3 Å². The van der Waals surface area contributed by atoms with E-state index in [0.29, 0.717) is 26.4 Å². The monoisotopic (exact) mass is 427 g/mol. The molecule has 0 radical (unpaired) electrons. The molecule has 6 rings (SSSR count). The number of furan rings is 2. The number of amides is 1. The van der Waals surface area contributed by atoms with E-state index >= 15 is 0 Å². The lowest BCUT2D eigenvalue weighted by Crippen LogP contribution is -2.25. The lowest BCUT2D eigenvalue weighted by Gasteiger charge is -2.08. The molecule has 0 atom stereocenters. The standard InChI is InChI=1S/C24H17N3O3S/c25-12-17-20-19(18-4-2-10-30-18)16-8-5-13(11-15-3-1-9-29-15)21(16)27-24(20)31-22(17)23(28)26-14-6-7-14/h1-4,9-11,14H,5-8H2,(H,26,28)/b13-11-. The van der Waals surface area contributed by atoms with Crippen molar-refractivity contribution < 1.29 is 13.6 Å². The van der Waals surface area contributed by atoms with E-state index in [4.69, 9.17) is 13.8 Å². The maximum Gasteiger partial charge on any atom is 0.263 e. The first-order chi connectivity index (χ1) is 15.2.